The molecule has 2 heteroatoms. The predicted octanol–water partition coefficient (Wildman–Crippen LogP) is 3.81. The molecular weight excluding hydrogens is 222 g/mol. The van der Waals surface area contributed by atoms with Gasteiger partial charge in [0.25, 0.3) is 0 Å². The topological polar surface area (TPSA) is 35.2 Å². The van der Waals surface area contributed by atoms with E-state index < -0.39 is 0 Å². The highest BCUT2D eigenvalue weighted by molar-refractivity contribution is 5.89. The smallest absolute Gasteiger partial charge is 0.132 e. The molecule has 0 saturated carbocycles. The Labute approximate surface area is 108 Å². The average Bonchev–Trinajstić information content (AvgIpc) is 2.35. The lowest BCUT2D eigenvalue weighted by atomic mass is 10.0. The number of rotatable bonds is 4. The minimum absolute atomic E-state index is 0.0465. The summed E-state index contributed by atoms with van der Waals surface area (Å²) in [5.41, 5.74) is 8.05. The second kappa shape index (κ2) is 5.23. The van der Waals surface area contributed by atoms with Crippen molar-refractivity contribution in [1.29, 1.82) is 0 Å². The van der Waals surface area contributed by atoms with Crippen molar-refractivity contribution in [2.75, 3.05) is 6.61 Å². The van der Waals surface area contributed by atoms with Crippen LogP contribution in [0.25, 0.3) is 10.8 Å². The molecule has 2 aromatic rings. The zero-order valence-corrected chi connectivity index (χ0v) is 10.9. The maximum atomic E-state index is 6.01. The molecule has 2 aromatic carbocycles. The molecule has 94 valence electrons. The first-order chi connectivity index (χ1) is 8.59. The van der Waals surface area contributed by atoms with Crippen LogP contribution in [-0.2, 0) is 0 Å². The van der Waals surface area contributed by atoms with Crippen LogP contribution >= 0.6 is 0 Å². The summed E-state index contributed by atoms with van der Waals surface area (Å²) >= 11 is 0. The molecule has 0 amide bonds. The van der Waals surface area contributed by atoms with Crippen molar-refractivity contribution >= 4 is 10.8 Å². The van der Waals surface area contributed by atoms with Crippen LogP contribution in [-0.4, -0.2) is 6.61 Å². The van der Waals surface area contributed by atoms with Crippen LogP contribution in [0, 0.1) is 0 Å². The third kappa shape index (κ3) is 2.54. The summed E-state index contributed by atoms with van der Waals surface area (Å²) in [6, 6.07) is 12.3. The molecule has 0 heterocycles. The van der Waals surface area contributed by atoms with E-state index in [4.69, 9.17) is 10.5 Å². The van der Waals surface area contributed by atoms with Gasteiger partial charge in [-0.05, 0) is 24.8 Å². The van der Waals surface area contributed by atoms with E-state index >= 15 is 0 Å². The molecule has 0 fully saturated rings. The van der Waals surface area contributed by atoms with Gasteiger partial charge in [0, 0.05) is 17.0 Å². The molecule has 0 aliphatic rings. The predicted molar refractivity (Wildman–Crippen MR) is 76.9 cm³/mol. The number of hydrogen-bond acceptors (Lipinski definition) is 2. The van der Waals surface area contributed by atoms with Crippen LogP contribution in [0.3, 0.4) is 0 Å². The summed E-state index contributed by atoms with van der Waals surface area (Å²) < 4.78 is 5.89. The zero-order valence-electron chi connectivity index (χ0n) is 10.9. The molecule has 0 radical (unpaired) electrons. The summed E-state index contributed by atoms with van der Waals surface area (Å²) in [4.78, 5) is 0. The maximum absolute atomic E-state index is 6.01. The molecule has 0 aromatic heterocycles. The first-order valence-electron chi connectivity index (χ1n) is 6.14. The highest BCUT2D eigenvalue weighted by Gasteiger charge is 2.11. The second-order valence-corrected chi connectivity index (χ2v) is 4.74. The van der Waals surface area contributed by atoms with E-state index in [2.05, 4.69) is 24.8 Å². The fraction of sp³-hybridized carbons (Fsp3) is 0.250. The molecule has 2 rings (SSSR count). The normalized spacial score (nSPS) is 12.4. The van der Waals surface area contributed by atoms with Gasteiger partial charge in [-0.3, -0.25) is 0 Å². The first-order valence-corrected chi connectivity index (χ1v) is 6.14. The molecule has 0 saturated heterocycles. The van der Waals surface area contributed by atoms with Gasteiger partial charge in [-0.15, -0.1) is 0 Å². The Bertz CT molecular complexity index is 572. The van der Waals surface area contributed by atoms with E-state index in [1.165, 1.54) is 5.39 Å². The minimum Gasteiger partial charge on any atom is -0.488 e. The van der Waals surface area contributed by atoms with E-state index in [0.29, 0.717) is 6.61 Å². The van der Waals surface area contributed by atoms with E-state index in [1.54, 1.807) is 0 Å². The van der Waals surface area contributed by atoms with Crippen LogP contribution in [0.2, 0.25) is 0 Å². The fourth-order valence-corrected chi connectivity index (χ4v) is 1.97. The third-order valence-corrected chi connectivity index (χ3v) is 2.86. The largest absolute Gasteiger partial charge is 0.488 e. The van der Waals surface area contributed by atoms with Crippen molar-refractivity contribution in [1.82, 2.24) is 0 Å². The summed E-state index contributed by atoms with van der Waals surface area (Å²) in [5, 5.41) is 2.27. The highest BCUT2D eigenvalue weighted by atomic mass is 16.5. The molecule has 0 bridgehead atoms. The van der Waals surface area contributed by atoms with Crippen LogP contribution < -0.4 is 10.5 Å². The van der Waals surface area contributed by atoms with Gasteiger partial charge in [-0.25, -0.2) is 0 Å². The minimum atomic E-state index is -0.0465. The number of nitrogens with two attached hydrogens (primary N) is 1. The molecule has 18 heavy (non-hydrogen) atoms. The Morgan fingerprint density at radius 1 is 1.28 bits per heavy atom. The quantitative estimate of drug-likeness (QED) is 0.826. The van der Waals surface area contributed by atoms with Gasteiger partial charge < -0.3 is 10.5 Å². The van der Waals surface area contributed by atoms with Gasteiger partial charge in [0.2, 0.25) is 0 Å². The maximum Gasteiger partial charge on any atom is 0.132 e. The van der Waals surface area contributed by atoms with Gasteiger partial charge >= 0.3 is 0 Å². The molecule has 0 unspecified atom stereocenters. The lowest BCUT2D eigenvalue weighted by Gasteiger charge is -2.16. The Morgan fingerprint density at radius 2 is 2.00 bits per heavy atom. The molecule has 2 N–H and O–H groups in total. The Kier molecular flexibility index (Phi) is 3.68. The van der Waals surface area contributed by atoms with Crippen molar-refractivity contribution in [3.8, 4) is 5.75 Å². The molecule has 0 spiro atoms. The molecule has 0 aliphatic heterocycles. The van der Waals surface area contributed by atoms with Crippen molar-refractivity contribution in [3.63, 3.8) is 0 Å². The summed E-state index contributed by atoms with van der Waals surface area (Å²) in [6.07, 6.45) is 0. The van der Waals surface area contributed by atoms with Crippen LogP contribution in [0.5, 0.6) is 5.75 Å². The SMILES string of the molecule is C=C(C)COc1c([C@@H](C)N)ccc2ccccc12. The summed E-state index contributed by atoms with van der Waals surface area (Å²) in [7, 11) is 0. The zero-order chi connectivity index (χ0) is 13.1. The number of ether oxygens (including phenoxy) is 1. The van der Waals surface area contributed by atoms with Crippen LogP contribution in [0.15, 0.2) is 48.6 Å². The highest BCUT2D eigenvalue weighted by Crippen LogP contribution is 2.33. The van der Waals surface area contributed by atoms with E-state index in [-0.39, 0.29) is 6.04 Å². The molecule has 2 nitrogen and oxygen atoms in total. The van der Waals surface area contributed by atoms with E-state index in [0.717, 1.165) is 22.3 Å². The van der Waals surface area contributed by atoms with Gasteiger partial charge in [0.05, 0.1) is 0 Å². The molecule has 0 aliphatic carbocycles. The summed E-state index contributed by atoms with van der Waals surface area (Å²) in [5.74, 6) is 0.881. The van der Waals surface area contributed by atoms with Gasteiger partial charge in [-0.1, -0.05) is 43.0 Å². The van der Waals surface area contributed by atoms with Crippen molar-refractivity contribution in [2.24, 2.45) is 5.73 Å². The van der Waals surface area contributed by atoms with E-state index in [1.807, 2.05) is 32.0 Å². The monoisotopic (exact) mass is 241 g/mol. The average molecular weight is 241 g/mol. The lowest BCUT2D eigenvalue weighted by Crippen LogP contribution is -2.09. The standard InChI is InChI=1S/C16H19NO/c1-11(2)10-18-16-14(12(3)17)9-8-13-6-4-5-7-15(13)16/h4-9,12H,1,10,17H2,2-3H3/t12-/m1/s1. The Hall–Kier alpha value is -1.80. The van der Waals surface area contributed by atoms with Crippen LogP contribution in [0.1, 0.15) is 25.5 Å². The number of hydrogen-bond donors (Lipinski definition) is 1. The van der Waals surface area contributed by atoms with Gasteiger partial charge in [0.1, 0.15) is 12.4 Å². The lowest BCUT2D eigenvalue weighted by molar-refractivity contribution is 0.351. The van der Waals surface area contributed by atoms with Crippen molar-refractivity contribution < 1.29 is 4.74 Å². The second-order valence-electron chi connectivity index (χ2n) is 4.74. The molecule has 1 atom stereocenters. The van der Waals surface area contributed by atoms with Crippen molar-refractivity contribution in [3.05, 3.63) is 54.1 Å². The van der Waals surface area contributed by atoms with Gasteiger partial charge in [-0.2, -0.15) is 0 Å². The van der Waals surface area contributed by atoms with Crippen LogP contribution in [0.4, 0.5) is 0 Å². The number of benzene rings is 2. The summed E-state index contributed by atoms with van der Waals surface area (Å²) in [6.45, 7) is 8.32. The Morgan fingerprint density at radius 3 is 2.67 bits per heavy atom. The van der Waals surface area contributed by atoms with E-state index in [9.17, 15) is 0 Å². The van der Waals surface area contributed by atoms with Gasteiger partial charge in [0.15, 0.2) is 0 Å². The fourth-order valence-electron chi connectivity index (χ4n) is 1.97. The Balaban J connectivity index is 2.55. The molecular formula is C16H19NO. The first kappa shape index (κ1) is 12.7. The number of fused-ring (bicyclic) bond motifs is 1. The van der Waals surface area contributed by atoms with Crippen molar-refractivity contribution in [2.45, 2.75) is 19.9 Å². The third-order valence-electron chi connectivity index (χ3n) is 2.86.